The number of amides is 1. The summed E-state index contributed by atoms with van der Waals surface area (Å²) in [4.78, 5) is 27.5. The number of carboxylic acids is 1. The molecule has 6 heteroatoms. The number of nitrogens with zero attached hydrogens (tertiary/aromatic N) is 1. The Labute approximate surface area is 133 Å². The first-order valence-corrected chi connectivity index (χ1v) is 7.74. The van der Waals surface area contributed by atoms with Gasteiger partial charge in [0.05, 0.1) is 18.2 Å². The Morgan fingerprint density at radius 3 is 2.45 bits per heavy atom. The lowest BCUT2D eigenvalue weighted by molar-refractivity contribution is -0.121. The minimum Gasteiger partial charge on any atom is -0.477 e. The molecule has 1 aromatic carbocycles. The normalized spacial score (nSPS) is 12.0. The zero-order valence-corrected chi connectivity index (χ0v) is 13.5. The van der Waals surface area contributed by atoms with Crippen molar-refractivity contribution in [3.8, 4) is 0 Å². The smallest absolute Gasteiger partial charge is 0.347 e. The molecule has 0 aliphatic rings. The average Bonchev–Trinajstić information content (AvgIpc) is 2.83. The molecule has 0 spiro atoms. The lowest BCUT2D eigenvalue weighted by Crippen LogP contribution is -2.28. The third-order valence-electron chi connectivity index (χ3n) is 3.24. The number of hydrogen-bond donors (Lipinski definition) is 2. The SMILES string of the molecule is Cc1ccc(CC(=O)NC(C)c2nc(C)c(C(=O)O)s2)cc1. The van der Waals surface area contributed by atoms with E-state index in [1.54, 1.807) is 13.8 Å². The van der Waals surface area contributed by atoms with Crippen molar-refractivity contribution < 1.29 is 14.7 Å². The number of thiazole rings is 1. The van der Waals surface area contributed by atoms with Crippen LogP contribution in [0.5, 0.6) is 0 Å². The molecule has 0 radical (unpaired) electrons. The first kappa shape index (κ1) is 16.2. The molecule has 0 aliphatic heterocycles. The Hall–Kier alpha value is -2.21. The number of carbonyl (C=O) groups excluding carboxylic acids is 1. The molecule has 1 heterocycles. The van der Waals surface area contributed by atoms with Gasteiger partial charge >= 0.3 is 5.97 Å². The highest BCUT2D eigenvalue weighted by Gasteiger charge is 2.19. The fourth-order valence-electron chi connectivity index (χ4n) is 2.05. The van der Waals surface area contributed by atoms with E-state index < -0.39 is 5.97 Å². The van der Waals surface area contributed by atoms with Gasteiger partial charge in [0.25, 0.3) is 0 Å². The lowest BCUT2D eigenvalue weighted by Gasteiger charge is -2.11. The van der Waals surface area contributed by atoms with Crippen LogP contribution in [0.1, 0.15) is 44.5 Å². The Bertz CT molecular complexity index is 692. The highest BCUT2D eigenvalue weighted by Crippen LogP contribution is 2.23. The van der Waals surface area contributed by atoms with Crippen molar-refractivity contribution in [3.63, 3.8) is 0 Å². The molecule has 116 valence electrons. The quantitative estimate of drug-likeness (QED) is 0.888. The summed E-state index contributed by atoms with van der Waals surface area (Å²) in [6.45, 7) is 5.46. The predicted molar refractivity (Wildman–Crippen MR) is 85.3 cm³/mol. The largest absolute Gasteiger partial charge is 0.477 e. The molecule has 2 aromatic rings. The van der Waals surface area contributed by atoms with Crippen LogP contribution in [0.2, 0.25) is 0 Å². The highest BCUT2D eigenvalue weighted by molar-refractivity contribution is 7.13. The van der Waals surface area contributed by atoms with E-state index in [0.29, 0.717) is 17.1 Å². The van der Waals surface area contributed by atoms with E-state index in [9.17, 15) is 9.59 Å². The maximum Gasteiger partial charge on any atom is 0.347 e. The fourth-order valence-corrected chi connectivity index (χ4v) is 2.95. The van der Waals surface area contributed by atoms with Gasteiger partial charge in [-0.05, 0) is 26.3 Å². The van der Waals surface area contributed by atoms with Gasteiger partial charge in [-0.2, -0.15) is 0 Å². The van der Waals surface area contributed by atoms with Crippen LogP contribution in [0, 0.1) is 13.8 Å². The topological polar surface area (TPSA) is 79.3 Å². The van der Waals surface area contributed by atoms with Crippen LogP contribution in [-0.2, 0) is 11.2 Å². The molecular weight excluding hydrogens is 300 g/mol. The number of nitrogens with one attached hydrogen (secondary N) is 1. The van der Waals surface area contributed by atoms with E-state index >= 15 is 0 Å². The summed E-state index contributed by atoms with van der Waals surface area (Å²) in [5, 5.41) is 12.5. The zero-order chi connectivity index (χ0) is 16.3. The number of aromatic nitrogens is 1. The number of aryl methyl sites for hydroxylation is 2. The third kappa shape index (κ3) is 3.92. The van der Waals surface area contributed by atoms with Gasteiger partial charge in [-0.3, -0.25) is 4.79 Å². The molecule has 0 saturated heterocycles. The summed E-state index contributed by atoms with van der Waals surface area (Å²) in [7, 11) is 0. The molecule has 0 fully saturated rings. The second-order valence-corrected chi connectivity index (χ2v) is 6.25. The van der Waals surface area contributed by atoms with Gasteiger partial charge in [0.15, 0.2) is 0 Å². The van der Waals surface area contributed by atoms with Gasteiger partial charge in [0.2, 0.25) is 5.91 Å². The van der Waals surface area contributed by atoms with Crippen molar-refractivity contribution in [2.75, 3.05) is 0 Å². The van der Waals surface area contributed by atoms with Gasteiger partial charge in [-0.1, -0.05) is 29.8 Å². The molecule has 5 nitrogen and oxygen atoms in total. The zero-order valence-electron chi connectivity index (χ0n) is 12.7. The summed E-state index contributed by atoms with van der Waals surface area (Å²) in [6, 6.07) is 7.48. The van der Waals surface area contributed by atoms with E-state index in [0.717, 1.165) is 22.5 Å². The predicted octanol–water partition coefficient (Wildman–Crippen LogP) is 2.88. The number of benzene rings is 1. The molecule has 1 amide bonds. The maximum absolute atomic E-state index is 12.1. The van der Waals surface area contributed by atoms with Crippen LogP contribution >= 0.6 is 11.3 Å². The van der Waals surface area contributed by atoms with Gasteiger partial charge in [-0.15, -0.1) is 11.3 Å². The van der Waals surface area contributed by atoms with Crippen LogP contribution in [0.25, 0.3) is 0 Å². The summed E-state index contributed by atoms with van der Waals surface area (Å²) >= 11 is 1.10. The first-order chi connectivity index (χ1) is 10.4. The van der Waals surface area contributed by atoms with E-state index in [1.807, 2.05) is 31.2 Å². The van der Waals surface area contributed by atoms with Crippen molar-refractivity contribution >= 4 is 23.2 Å². The summed E-state index contributed by atoms with van der Waals surface area (Å²) in [5.74, 6) is -1.10. The van der Waals surface area contributed by atoms with Gasteiger partial charge in [0.1, 0.15) is 9.88 Å². The fraction of sp³-hybridized carbons (Fsp3) is 0.312. The van der Waals surface area contributed by atoms with E-state index in [2.05, 4.69) is 10.3 Å². The minimum absolute atomic E-state index is 0.110. The molecule has 1 atom stereocenters. The number of rotatable bonds is 5. The van der Waals surface area contributed by atoms with E-state index in [4.69, 9.17) is 5.11 Å². The van der Waals surface area contributed by atoms with Crippen molar-refractivity contribution in [2.45, 2.75) is 33.2 Å². The standard InChI is InChI=1S/C16H18N2O3S/c1-9-4-6-12(7-5-9)8-13(19)17-11(3)15-18-10(2)14(22-15)16(20)21/h4-7,11H,8H2,1-3H3,(H,17,19)(H,20,21). The van der Waals surface area contributed by atoms with Crippen molar-refractivity contribution in [1.82, 2.24) is 10.3 Å². The molecule has 0 aliphatic carbocycles. The number of carboxylic acid groups (broad SMARTS) is 1. The lowest BCUT2D eigenvalue weighted by atomic mass is 10.1. The van der Waals surface area contributed by atoms with Crippen molar-refractivity contribution in [2.24, 2.45) is 0 Å². The monoisotopic (exact) mass is 318 g/mol. The van der Waals surface area contributed by atoms with Crippen LogP contribution in [0.3, 0.4) is 0 Å². The average molecular weight is 318 g/mol. The van der Waals surface area contributed by atoms with Gasteiger partial charge in [-0.25, -0.2) is 9.78 Å². The first-order valence-electron chi connectivity index (χ1n) is 6.92. The Morgan fingerprint density at radius 1 is 1.27 bits per heavy atom. The molecule has 0 bridgehead atoms. The summed E-state index contributed by atoms with van der Waals surface area (Å²) < 4.78 is 0. The molecule has 2 N–H and O–H groups in total. The Morgan fingerprint density at radius 2 is 1.91 bits per heavy atom. The van der Waals surface area contributed by atoms with E-state index in [-0.39, 0.29) is 16.8 Å². The second-order valence-electron chi connectivity index (χ2n) is 5.22. The molecule has 22 heavy (non-hydrogen) atoms. The third-order valence-corrected chi connectivity index (χ3v) is 4.57. The van der Waals surface area contributed by atoms with Crippen LogP contribution < -0.4 is 5.32 Å². The summed E-state index contributed by atoms with van der Waals surface area (Å²) in [6.07, 6.45) is 0.292. The van der Waals surface area contributed by atoms with Crippen molar-refractivity contribution in [3.05, 3.63) is 51.0 Å². The molecule has 1 unspecified atom stereocenters. The number of aromatic carboxylic acids is 1. The summed E-state index contributed by atoms with van der Waals surface area (Å²) in [5.41, 5.74) is 2.57. The minimum atomic E-state index is -0.987. The molecule has 1 aromatic heterocycles. The van der Waals surface area contributed by atoms with Gasteiger partial charge in [0, 0.05) is 0 Å². The second kappa shape index (κ2) is 6.70. The van der Waals surface area contributed by atoms with Crippen LogP contribution in [0.4, 0.5) is 0 Å². The Kier molecular flexibility index (Phi) is 4.92. The maximum atomic E-state index is 12.1. The van der Waals surface area contributed by atoms with E-state index in [1.165, 1.54) is 0 Å². The number of carbonyl (C=O) groups is 2. The van der Waals surface area contributed by atoms with Crippen molar-refractivity contribution in [1.29, 1.82) is 0 Å². The van der Waals surface area contributed by atoms with Crippen LogP contribution in [0.15, 0.2) is 24.3 Å². The molecule has 0 saturated carbocycles. The molecule has 2 rings (SSSR count). The van der Waals surface area contributed by atoms with Gasteiger partial charge < -0.3 is 10.4 Å². The van der Waals surface area contributed by atoms with Crippen LogP contribution in [-0.4, -0.2) is 22.0 Å². The Balaban J connectivity index is 2.00. The number of hydrogen-bond acceptors (Lipinski definition) is 4. The molecular formula is C16H18N2O3S. The highest BCUT2D eigenvalue weighted by atomic mass is 32.1.